The zero-order valence-electron chi connectivity index (χ0n) is 34.9. The average Bonchev–Trinajstić information content (AvgIpc) is 3.08. The summed E-state index contributed by atoms with van der Waals surface area (Å²) in [6, 6.07) is 0. The van der Waals surface area contributed by atoms with Gasteiger partial charge in [0, 0.05) is 11.8 Å². The van der Waals surface area contributed by atoms with Crippen LogP contribution in [-0.4, -0.2) is 23.4 Å². The van der Waals surface area contributed by atoms with E-state index in [4.69, 9.17) is 0 Å². The third-order valence-corrected chi connectivity index (χ3v) is 11.6. The monoisotopic (exact) mass is 705 g/mol. The Hall–Kier alpha value is -3.46. The molecule has 2 rings (SSSR count). The minimum absolute atomic E-state index is 0.0117. The molecule has 0 unspecified atom stereocenters. The molecule has 0 amide bonds. The van der Waals surface area contributed by atoms with E-state index in [0.29, 0.717) is 11.3 Å². The van der Waals surface area contributed by atoms with Gasteiger partial charge in [0.2, 0.25) is 0 Å². The molecule has 284 valence electrons. The summed E-state index contributed by atoms with van der Waals surface area (Å²) in [6.45, 7) is 26.8. The number of hydrogen-bond acceptors (Lipinski definition) is 2. The van der Waals surface area contributed by atoms with Crippen LogP contribution < -0.4 is 0 Å². The van der Waals surface area contributed by atoms with E-state index in [-0.39, 0.29) is 30.0 Å². The Morgan fingerprint density at radius 2 is 1.04 bits per heavy atom. The van der Waals surface area contributed by atoms with E-state index >= 15 is 0 Å². The van der Waals surface area contributed by atoms with Gasteiger partial charge in [0.15, 0.2) is 0 Å². The summed E-state index contributed by atoms with van der Waals surface area (Å²) in [5.74, 6) is 0.800. The second kappa shape index (κ2) is 21.3. The molecule has 2 atom stereocenters. The summed E-state index contributed by atoms with van der Waals surface area (Å²) in [6.07, 6.45) is 45.2. The number of aliphatic hydroxyl groups excluding tert-OH is 2. The SMILES string of the molecule is CC1=CCC(C/C=C(\C)CO)(C/C=C(\C)CO)C(C)(C)[C@@H]1/C=C/C(C)=C/C=C/C(C)=C/C=C/C=C(C)/C=C/C=C(C)/C=C/[C@H]1C(C)=CCCC1(C)C. The van der Waals surface area contributed by atoms with Crippen LogP contribution in [0.4, 0.5) is 0 Å². The minimum Gasteiger partial charge on any atom is -0.392 e. The van der Waals surface area contributed by atoms with Crippen LogP contribution in [0.1, 0.15) is 115 Å². The lowest BCUT2D eigenvalue weighted by atomic mass is 9.51. The molecule has 2 aliphatic carbocycles. The van der Waals surface area contributed by atoms with Crippen molar-refractivity contribution in [2.24, 2.45) is 28.1 Å². The number of allylic oxidation sites excluding steroid dienone is 24. The van der Waals surface area contributed by atoms with E-state index < -0.39 is 0 Å². The first kappa shape index (κ1) is 44.7. The molecule has 0 aromatic heterocycles. The molecule has 0 aromatic rings. The quantitative estimate of drug-likeness (QED) is 0.124. The van der Waals surface area contributed by atoms with Gasteiger partial charge in [-0.3, -0.25) is 0 Å². The smallest absolute Gasteiger partial charge is 0.0639 e. The van der Waals surface area contributed by atoms with E-state index in [1.54, 1.807) is 0 Å². The highest BCUT2D eigenvalue weighted by atomic mass is 16.3. The molecular formula is C50H72O2. The molecule has 0 fully saturated rings. The van der Waals surface area contributed by atoms with Crippen LogP contribution in [0.25, 0.3) is 0 Å². The lowest BCUT2D eigenvalue weighted by Crippen LogP contribution is -2.45. The molecular weight excluding hydrogens is 633 g/mol. The van der Waals surface area contributed by atoms with Crippen LogP contribution >= 0.6 is 0 Å². The highest BCUT2D eigenvalue weighted by molar-refractivity contribution is 5.34. The Morgan fingerprint density at radius 1 is 0.615 bits per heavy atom. The molecule has 0 saturated heterocycles. The van der Waals surface area contributed by atoms with E-state index in [1.807, 2.05) is 13.8 Å². The topological polar surface area (TPSA) is 40.5 Å². The Labute approximate surface area is 319 Å². The Balaban J connectivity index is 2.05. The molecule has 2 nitrogen and oxygen atoms in total. The molecule has 0 aromatic carbocycles. The first-order valence-electron chi connectivity index (χ1n) is 19.4. The normalized spacial score (nSPS) is 23.9. The van der Waals surface area contributed by atoms with Gasteiger partial charge in [0.1, 0.15) is 0 Å². The zero-order chi connectivity index (χ0) is 39.0. The third-order valence-electron chi connectivity index (χ3n) is 11.6. The lowest BCUT2D eigenvalue weighted by molar-refractivity contribution is 0.0340. The highest BCUT2D eigenvalue weighted by Gasteiger charge is 2.49. The van der Waals surface area contributed by atoms with Crippen molar-refractivity contribution in [1.29, 1.82) is 0 Å². The molecule has 2 N–H and O–H groups in total. The third kappa shape index (κ3) is 13.8. The van der Waals surface area contributed by atoms with Crippen LogP contribution in [-0.2, 0) is 0 Å². The second-order valence-electron chi connectivity index (χ2n) is 16.9. The van der Waals surface area contributed by atoms with Gasteiger partial charge in [0.25, 0.3) is 0 Å². The van der Waals surface area contributed by atoms with E-state index in [1.165, 1.54) is 46.3 Å². The van der Waals surface area contributed by atoms with E-state index in [2.05, 4.69) is 179 Å². The van der Waals surface area contributed by atoms with Crippen LogP contribution in [0.5, 0.6) is 0 Å². The fraction of sp³-hybridized carbons (Fsp3) is 0.480. The van der Waals surface area contributed by atoms with Gasteiger partial charge < -0.3 is 10.2 Å². The lowest BCUT2D eigenvalue weighted by Gasteiger charge is -2.53. The van der Waals surface area contributed by atoms with Crippen molar-refractivity contribution in [2.45, 2.75) is 115 Å². The predicted molar refractivity (Wildman–Crippen MR) is 230 cm³/mol. The Morgan fingerprint density at radius 3 is 1.50 bits per heavy atom. The van der Waals surface area contributed by atoms with Crippen molar-refractivity contribution < 1.29 is 10.2 Å². The van der Waals surface area contributed by atoms with Gasteiger partial charge in [-0.15, -0.1) is 0 Å². The summed E-state index contributed by atoms with van der Waals surface area (Å²) in [5, 5.41) is 19.4. The van der Waals surface area contributed by atoms with Crippen LogP contribution in [0.3, 0.4) is 0 Å². The van der Waals surface area contributed by atoms with Crippen molar-refractivity contribution in [3.8, 4) is 0 Å². The summed E-state index contributed by atoms with van der Waals surface area (Å²) in [4.78, 5) is 0. The maximum Gasteiger partial charge on any atom is 0.0639 e. The Kier molecular flexibility index (Phi) is 18.3. The maximum atomic E-state index is 9.68. The zero-order valence-corrected chi connectivity index (χ0v) is 34.9. The molecule has 52 heavy (non-hydrogen) atoms. The fourth-order valence-corrected chi connectivity index (χ4v) is 7.50. The largest absolute Gasteiger partial charge is 0.392 e. The van der Waals surface area contributed by atoms with E-state index in [0.717, 1.165) is 30.4 Å². The minimum atomic E-state index is -0.0265. The Bertz CT molecular complexity index is 1570. The molecule has 0 radical (unpaired) electrons. The number of hydrogen-bond donors (Lipinski definition) is 2. The van der Waals surface area contributed by atoms with Crippen LogP contribution in [0, 0.1) is 28.1 Å². The van der Waals surface area contributed by atoms with Gasteiger partial charge in [-0.25, -0.2) is 0 Å². The molecule has 0 spiro atoms. The first-order valence-corrected chi connectivity index (χ1v) is 19.4. The fourth-order valence-electron chi connectivity index (χ4n) is 7.50. The number of rotatable bonds is 16. The molecule has 0 aliphatic heterocycles. The molecule has 0 heterocycles. The van der Waals surface area contributed by atoms with Crippen LogP contribution in [0.15, 0.2) is 154 Å². The highest BCUT2D eigenvalue weighted by Crippen LogP contribution is 2.58. The second-order valence-corrected chi connectivity index (χ2v) is 16.9. The average molecular weight is 705 g/mol. The van der Waals surface area contributed by atoms with Crippen molar-refractivity contribution >= 4 is 0 Å². The maximum absolute atomic E-state index is 9.68. The summed E-state index contributed by atoms with van der Waals surface area (Å²) < 4.78 is 0. The van der Waals surface area contributed by atoms with Gasteiger partial charge >= 0.3 is 0 Å². The van der Waals surface area contributed by atoms with Gasteiger partial charge in [-0.05, 0) is 104 Å². The standard InChI is InChI=1S/C50H72O2/c1-38(20-15-22-40(3)25-27-46-44(7)24-17-32-48(46,9)10)18-13-14-19-39(2)21-16-23-41(4)26-28-47-45(8)31-35-50(49(47,11)12,33-29-42(5)36-51)34-30-43(6)37-52/h13-16,18-31,46-47,51-52H,17,32-37H2,1-12H3/b14-13+,20-15+,21-16+,27-25+,28-26+,38-18+,39-19+,40-22+,41-23+,42-29+,43-30+/t46-,47+/m0/s1. The molecule has 0 bridgehead atoms. The molecule has 2 aliphatic rings. The van der Waals surface area contributed by atoms with Crippen molar-refractivity contribution in [3.63, 3.8) is 0 Å². The van der Waals surface area contributed by atoms with Gasteiger partial charge in [0.05, 0.1) is 13.2 Å². The summed E-state index contributed by atoms with van der Waals surface area (Å²) >= 11 is 0. The van der Waals surface area contributed by atoms with Crippen molar-refractivity contribution in [3.05, 3.63) is 154 Å². The van der Waals surface area contributed by atoms with Crippen molar-refractivity contribution in [2.75, 3.05) is 13.2 Å². The van der Waals surface area contributed by atoms with Gasteiger partial charge in [-0.1, -0.05) is 182 Å². The predicted octanol–water partition coefficient (Wildman–Crippen LogP) is 13.6. The van der Waals surface area contributed by atoms with E-state index in [9.17, 15) is 10.2 Å². The first-order chi connectivity index (χ1) is 24.5. The molecule has 2 heteroatoms. The van der Waals surface area contributed by atoms with Crippen molar-refractivity contribution in [1.82, 2.24) is 0 Å². The van der Waals surface area contributed by atoms with Gasteiger partial charge in [-0.2, -0.15) is 0 Å². The summed E-state index contributed by atoms with van der Waals surface area (Å²) in [7, 11) is 0. The number of aliphatic hydroxyl groups is 2. The van der Waals surface area contributed by atoms with Crippen LogP contribution in [0.2, 0.25) is 0 Å². The summed E-state index contributed by atoms with van der Waals surface area (Å²) in [5.41, 5.74) is 10.1. The molecule has 0 saturated carbocycles.